The summed E-state index contributed by atoms with van der Waals surface area (Å²) in [5.41, 5.74) is -8.00. The maximum absolute atomic E-state index is 15.5. The van der Waals surface area contributed by atoms with Gasteiger partial charge in [-0.3, -0.25) is 0 Å². The van der Waals surface area contributed by atoms with Crippen LogP contribution in [0.3, 0.4) is 0 Å². The lowest BCUT2D eigenvalue weighted by Gasteiger charge is -2.53. The first kappa shape index (κ1) is 17.0. The van der Waals surface area contributed by atoms with Crippen LogP contribution >= 0.6 is 0 Å². The number of rotatable bonds is 1. The molecule has 4 bridgehead atoms. The van der Waals surface area contributed by atoms with Crippen molar-refractivity contribution < 1.29 is 31.4 Å². The Kier molecular flexibility index (Phi) is 3.01. The molecule has 138 valence electrons. The molecule has 4 saturated carbocycles. The van der Waals surface area contributed by atoms with Gasteiger partial charge >= 0.3 is 6.18 Å². The molecule has 4 rings (SSSR count). The minimum Gasteiger partial charge on any atom is -0.378 e. The summed E-state index contributed by atoms with van der Waals surface area (Å²) in [6.45, 7) is 4.16. The van der Waals surface area contributed by atoms with Gasteiger partial charge in [0.1, 0.15) is 0 Å². The molecule has 1 N–H and O–H groups in total. The molecule has 0 aliphatic heterocycles. The molecule has 4 fully saturated rings. The Bertz CT molecular complexity index is 572. The molecule has 4 aliphatic rings. The standard InChI is InChI=1S/C17H22F6O/c1-6-7(2)9-4-8(6)12-10-5-11(13(9)12)16(19,20)15(10,18)14(3,24)17(21,22)23/h6-13,24H,4-5H2,1-3H3. The van der Waals surface area contributed by atoms with Crippen molar-refractivity contribution in [3.05, 3.63) is 0 Å². The van der Waals surface area contributed by atoms with Crippen molar-refractivity contribution in [2.45, 2.75) is 57.0 Å². The van der Waals surface area contributed by atoms with Crippen molar-refractivity contribution in [1.82, 2.24) is 0 Å². The second kappa shape index (κ2) is 4.26. The quantitative estimate of drug-likeness (QED) is 0.544. The second-order valence-electron chi connectivity index (χ2n) is 8.79. The summed E-state index contributed by atoms with van der Waals surface area (Å²) in [5, 5.41) is 9.90. The summed E-state index contributed by atoms with van der Waals surface area (Å²) < 4.78 is 85.0. The predicted octanol–water partition coefficient (Wildman–Crippen LogP) is 4.45. The lowest BCUT2D eigenvalue weighted by Crippen LogP contribution is -2.71. The van der Waals surface area contributed by atoms with Crippen LogP contribution in [0.5, 0.6) is 0 Å². The fourth-order valence-electron chi connectivity index (χ4n) is 7.06. The minimum atomic E-state index is -5.44. The van der Waals surface area contributed by atoms with Gasteiger partial charge in [0.2, 0.25) is 5.67 Å². The fraction of sp³-hybridized carbons (Fsp3) is 1.00. The maximum atomic E-state index is 15.5. The van der Waals surface area contributed by atoms with Gasteiger partial charge in [-0.2, -0.15) is 13.2 Å². The van der Waals surface area contributed by atoms with Crippen molar-refractivity contribution in [2.24, 2.45) is 47.3 Å². The van der Waals surface area contributed by atoms with Crippen molar-refractivity contribution in [1.29, 1.82) is 0 Å². The molecule has 0 aromatic heterocycles. The van der Waals surface area contributed by atoms with E-state index in [0.717, 1.165) is 0 Å². The molecular weight excluding hydrogens is 334 g/mol. The fourth-order valence-corrected chi connectivity index (χ4v) is 7.06. The first-order chi connectivity index (χ1) is 10.8. The van der Waals surface area contributed by atoms with Gasteiger partial charge in [-0.1, -0.05) is 13.8 Å². The molecule has 10 unspecified atom stereocenters. The zero-order valence-corrected chi connectivity index (χ0v) is 13.7. The van der Waals surface area contributed by atoms with E-state index >= 15 is 4.39 Å². The van der Waals surface area contributed by atoms with Gasteiger partial charge in [0, 0.05) is 11.8 Å². The molecule has 7 heteroatoms. The topological polar surface area (TPSA) is 20.2 Å². The number of halogens is 6. The van der Waals surface area contributed by atoms with Crippen molar-refractivity contribution >= 4 is 0 Å². The first-order valence-electron chi connectivity index (χ1n) is 8.64. The van der Waals surface area contributed by atoms with Crippen molar-refractivity contribution in [2.75, 3.05) is 0 Å². The van der Waals surface area contributed by atoms with Crippen molar-refractivity contribution in [3.63, 3.8) is 0 Å². The molecule has 0 amide bonds. The molecule has 4 aliphatic carbocycles. The van der Waals surface area contributed by atoms with E-state index in [1.165, 1.54) is 0 Å². The van der Waals surface area contributed by atoms with Crippen LogP contribution < -0.4 is 0 Å². The molecule has 0 aromatic rings. The lowest BCUT2D eigenvalue weighted by atomic mass is 9.57. The molecule has 10 atom stereocenters. The van der Waals surface area contributed by atoms with Gasteiger partial charge in [-0.25, -0.2) is 13.2 Å². The van der Waals surface area contributed by atoms with Gasteiger partial charge in [0.15, 0.2) is 5.60 Å². The third-order valence-electron chi connectivity index (χ3n) is 8.32. The monoisotopic (exact) mass is 356 g/mol. The highest BCUT2D eigenvalue weighted by atomic mass is 19.4. The van der Waals surface area contributed by atoms with Gasteiger partial charge < -0.3 is 5.11 Å². The smallest absolute Gasteiger partial charge is 0.378 e. The molecule has 1 nitrogen and oxygen atoms in total. The summed E-state index contributed by atoms with van der Waals surface area (Å²) in [4.78, 5) is 0. The summed E-state index contributed by atoms with van der Waals surface area (Å²) >= 11 is 0. The maximum Gasteiger partial charge on any atom is 0.420 e. The van der Waals surface area contributed by atoms with E-state index in [0.29, 0.717) is 6.42 Å². The molecule has 24 heavy (non-hydrogen) atoms. The SMILES string of the molecule is CC1C(C)C2CC1C1C2C2CC1C(F)(F)C2(F)C(C)(O)C(F)(F)F. The summed E-state index contributed by atoms with van der Waals surface area (Å²) in [6, 6.07) is 0. The van der Waals surface area contributed by atoms with Crippen LogP contribution in [0.2, 0.25) is 0 Å². The zero-order chi connectivity index (χ0) is 18.0. The van der Waals surface area contributed by atoms with E-state index in [4.69, 9.17) is 0 Å². The first-order valence-corrected chi connectivity index (χ1v) is 8.64. The van der Waals surface area contributed by atoms with E-state index in [1.54, 1.807) is 0 Å². The predicted molar refractivity (Wildman–Crippen MR) is 74.0 cm³/mol. The van der Waals surface area contributed by atoms with Gasteiger partial charge in [-0.15, -0.1) is 0 Å². The van der Waals surface area contributed by atoms with Gasteiger partial charge in [0.05, 0.1) is 0 Å². The Hall–Kier alpha value is -0.460. The van der Waals surface area contributed by atoms with E-state index < -0.39 is 47.0 Å². The number of hydrogen-bond donors (Lipinski definition) is 1. The Morgan fingerprint density at radius 2 is 1.33 bits per heavy atom. The average molecular weight is 356 g/mol. The largest absolute Gasteiger partial charge is 0.420 e. The van der Waals surface area contributed by atoms with E-state index in [-0.39, 0.29) is 37.0 Å². The molecule has 0 radical (unpaired) electrons. The molecular formula is C17H22F6O. The van der Waals surface area contributed by atoms with Crippen LogP contribution in [0.25, 0.3) is 0 Å². The number of fused-ring (bicyclic) bond motifs is 9. The van der Waals surface area contributed by atoms with Crippen LogP contribution in [0.4, 0.5) is 26.3 Å². The van der Waals surface area contributed by atoms with Gasteiger partial charge in [0.25, 0.3) is 5.92 Å². The Morgan fingerprint density at radius 3 is 1.79 bits per heavy atom. The Morgan fingerprint density at radius 1 is 0.875 bits per heavy atom. The van der Waals surface area contributed by atoms with E-state index in [2.05, 4.69) is 0 Å². The molecule has 0 spiro atoms. The minimum absolute atomic E-state index is 0.0136. The average Bonchev–Trinajstić information content (AvgIpc) is 3.11. The van der Waals surface area contributed by atoms with Crippen LogP contribution in [-0.4, -0.2) is 28.5 Å². The highest BCUT2D eigenvalue weighted by molar-refractivity contribution is 5.29. The Balaban J connectivity index is 1.81. The molecule has 0 heterocycles. The highest BCUT2D eigenvalue weighted by Gasteiger charge is 2.88. The second-order valence-corrected chi connectivity index (χ2v) is 8.79. The van der Waals surface area contributed by atoms with E-state index in [9.17, 15) is 27.1 Å². The summed E-state index contributed by atoms with van der Waals surface area (Å²) in [7, 11) is 0. The number of alkyl halides is 6. The Labute approximate surface area is 136 Å². The van der Waals surface area contributed by atoms with E-state index in [1.807, 2.05) is 13.8 Å². The number of aliphatic hydroxyl groups is 1. The van der Waals surface area contributed by atoms with Crippen molar-refractivity contribution in [3.8, 4) is 0 Å². The third-order valence-corrected chi connectivity index (χ3v) is 8.32. The van der Waals surface area contributed by atoms with Crippen LogP contribution in [-0.2, 0) is 0 Å². The highest BCUT2D eigenvalue weighted by Crippen LogP contribution is 2.78. The van der Waals surface area contributed by atoms with Crippen LogP contribution in [0.1, 0.15) is 33.6 Å². The normalized spacial score (nSPS) is 57.2. The third kappa shape index (κ3) is 1.47. The molecule has 0 aromatic carbocycles. The summed E-state index contributed by atoms with van der Waals surface area (Å²) in [5.74, 6) is -7.39. The van der Waals surface area contributed by atoms with Crippen LogP contribution in [0.15, 0.2) is 0 Å². The van der Waals surface area contributed by atoms with Gasteiger partial charge in [-0.05, 0) is 55.3 Å². The summed E-state index contributed by atoms with van der Waals surface area (Å²) in [6.07, 6.45) is -5.00. The lowest BCUT2D eigenvalue weighted by molar-refractivity contribution is -0.353. The van der Waals surface area contributed by atoms with Crippen LogP contribution in [0, 0.1) is 47.3 Å². The number of hydrogen-bond acceptors (Lipinski definition) is 1. The molecule has 0 saturated heterocycles. The zero-order valence-electron chi connectivity index (χ0n) is 13.7.